The van der Waals surface area contributed by atoms with Crippen LogP contribution in [0.5, 0.6) is 5.75 Å². The minimum Gasteiger partial charge on any atom is -0.496 e. The van der Waals surface area contributed by atoms with Crippen molar-refractivity contribution in [1.29, 1.82) is 0 Å². The molecule has 0 fully saturated rings. The van der Waals surface area contributed by atoms with E-state index < -0.39 is 11.9 Å². The number of carbonyl (C=O) groups is 3. The maximum Gasteiger partial charge on any atom is 0.325 e. The van der Waals surface area contributed by atoms with Crippen LogP contribution in [0.1, 0.15) is 22.3 Å². The molecule has 0 saturated heterocycles. The van der Waals surface area contributed by atoms with E-state index in [0.717, 1.165) is 12.8 Å². The average molecular weight is 384 g/mol. The molecule has 7 heteroatoms. The quantitative estimate of drug-likeness (QED) is 0.481. The summed E-state index contributed by atoms with van der Waals surface area (Å²) in [4.78, 5) is 35.5. The molecule has 0 aliphatic carbocycles. The molecule has 2 amide bonds. The molecule has 0 spiro atoms. The van der Waals surface area contributed by atoms with Gasteiger partial charge in [-0.05, 0) is 30.5 Å². The van der Waals surface area contributed by atoms with Crippen LogP contribution in [-0.2, 0) is 20.7 Å². The molecule has 2 N–H and O–H groups in total. The molecule has 0 aromatic heterocycles. The lowest BCUT2D eigenvalue weighted by atomic mass is 10.1. The molecule has 148 valence electrons. The molecule has 0 aliphatic heterocycles. The number of ether oxygens (including phenoxy) is 2. The summed E-state index contributed by atoms with van der Waals surface area (Å²) in [6.45, 7) is -0.220. The number of benzene rings is 2. The topological polar surface area (TPSA) is 93.7 Å². The van der Waals surface area contributed by atoms with Gasteiger partial charge in [0, 0.05) is 6.54 Å². The molecule has 2 rings (SSSR count). The van der Waals surface area contributed by atoms with Crippen LogP contribution in [0.4, 0.5) is 0 Å². The fourth-order valence-electron chi connectivity index (χ4n) is 2.49. The molecule has 0 unspecified atom stereocenters. The molecule has 0 atom stereocenters. The zero-order valence-electron chi connectivity index (χ0n) is 15.8. The number of hydrogen-bond donors (Lipinski definition) is 2. The second kappa shape index (κ2) is 11.4. The van der Waals surface area contributed by atoms with E-state index in [2.05, 4.69) is 10.6 Å². The first-order valence-corrected chi connectivity index (χ1v) is 8.97. The SMILES string of the molecule is COc1ccccc1C(=O)NCC(=O)OCC(=O)NCCCc1ccccc1. The fraction of sp³-hybridized carbons (Fsp3) is 0.286. The van der Waals surface area contributed by atoms with E-state index in [9.17, 15) is 14.4 Å². The highest BCUT2D eigenvalue weighted by atomic mass is 16.5. The lowest BCUT2D eigenvalue weighted by Gasteiger charge is -2.09. The zero-order chi connectivity index (χ0) is 20.2. The van der Waals surface area contributed by atoms with Crippen molar-refractivity contribution in [3.63, 3.8) is 0 Å². The van der Waals surface area contributed by atoms with Gasteiger partial charge in [0.25, 0.3) is 11.8 Å². The molecular weight excluding hydrogens is 360 g/mol. The fourth-order valence-corrected chi connectivity index (χ4v) is 2.49. The second-order valence-corrected chi connectivity index (χ2v) is 5.98. The van der Waals surface area contributed by atoms with Crippen molar-refractivity contribution in [2.45, 2.75) is 12.8 Å². The average Bonchev–Trinajstić information content (AvgIpc) is 2.74. The second-order valence-electron chi connectivity index (χ2n) is 5.98. The number of carbonyl (C=O) groups excluding carboxylic acids is 3. The highest BCUT2D eigenvalue weighted by Crippen LogP contribution is 2.16. The molecule has 0 heterocycles. The smallest absolute Gasteiger partial charge is 0.325 e. The van der Waals surface area contributed by atoms with Gasteiger partial charge < -0.3 is 20.1 Å². The summed E-state index contributed by atoms with van der Waals surface area (Å²) in [5, 5.41) is 5.14. The Morgan fingerprint density at radius 1 is 0.929 bits per heavy atom. The Balaban J connectivity index is 1.61. The number of methoxy groups -OCH3 is 1. The van der Waals surface area contributed by atoms with Crippen LogP contribution in [0, 0.1) is 0 Å². The van der Waals surface area contributed by atoms with E-state index in [-0.39, 0.29) is 19.1 Å². The van der Waals surface area contributed by atoms with E-state index in [0.29, 0.717) is 17.9 Å². The molecule has 2 aromatic carbocycles. The maximum atomic E-state index is 12.1. The summed E-state index contributed by atoms with van der Waals surface area (Å²) >= 11 is 0. The molecule has 28 heavy (non-hydrogen) atoms. The van der Waals surface area contributed by atoms with Crippen LogP contribution < -0.4 is 15.4 Å². The number of esters is 1. The molecule has 0 saturated carbocycles. The number of nitrogens with one attached hydrogen (secondary N) is 2. The maximum absolute atomic E-state index is 12.1. The lowest BCUT2D eigenvalue weighted by molar-refractivity contribution is -0.147. The predicted octanol–water partition coefficient (Wildman–Crippen LogP) is 1.72. The van der Waals surface area contributed by atoms with Crippen molar-refractivity contribution in [3.05, 3.63) is 65.7 Å². The molecule has 0 bridgehead atoms. The van der Waals surface area contributed by atoms with Gasteiger partial charge in [0.1, 0.15) is 12.3 Å². The van der Waals surface area contributed by atoms with Crippen LogP contribution in [0.3, 0.4) is 0 Å². The number of amides is 2. The van der Waals surface area contributed by atoms with Crippen LogP contribution in [0.15, 0.2) is 54.6 Å². The third kappa shape index (κ3) is 7.11. The van der Waals surface area contributed by atoms with Crippen molar-refractivity contribution in [1.82, 2.24) is 10.6 Å². The number of para-hydroxylation sites is 1. The first-order chi connectivity index (χ1) is 13.6. The van der Waals surface area contributed by atoms with Gasteiger partial charge in [-0.15, -0.1) is 0 Å². The number of rotatable bonds is 10. The Morgan fingerprint density at radius 2 is 1.64 bits per heavy atom. The van der Waals surface area contributed by atoms with E-state index in [4.69, 9.17) is 9.47 Å². The highest BCUT2D eigenvalue weighted by Gasteiger charge is 2.13. The normalized spacial score (nSPS) is 10.0. The van der Waals surface area contributed by atoms with Crippen LogP contribution in [0.2, 0.25) is 0 Å². The van der Waals surface area contributed by atoms with Crippen molar-refractivity contribution in [2.75, 3.05) is 26.8 Å². The first kappa shape index (κ1) is 21.0. The Hall–Kier alpha value is -3.35. The molecule has 2 aromatic rings. The van der Waals surface area contributed by atoms with Gasteiger partial charge >= 0.3 is 5.97 Å². The van der Waals surface area contributed by atoms with Gasteiger partial charge in [-0.3, -0.25) is 14.4 Å². The van der Waals surface area contributed by atoms with Crippen LogP contribution in [-0.4, -0.2) is 44.6 Å². The van der Waals surface area contributed by atoms with Crippen molar-refractivity contribution in [2.24, 2.45) is 0 Å². The summed E-state index contributed by atoms with van der Waals surface area (Å²) < 4.78 is 9.96. The molecule has 0 aliphatic rings. The minimum absolute atomic E-state index is 0.314. The van der Waals surface area contributed by atoms with E-state index in [1.807, 2.05) is 30.3 Å². The Bertz CT molecular complexity index is 792. The third-order valence-corrected chi connectivity index (χ3v) is 3.92. The van der Waals surface area contributed by atoms with E-state index in [1.165, 1.54) is 12.7 Å². The van der Waals surface area contributed by atoms with Gasteiger partial charge in [0.05, 0.1) is 12.7 Å². The van der Waals surface area contributed by atoms with Gasteiger partial charge in [0.2, 0.25) is 0 Å². The monoisotopic (exact) mass is 384 g/mol. The van der Waals surface area contributed by atoms with Crippen molar-refractivity contribution >= 4 is 17.8 Å². The summed E-state index contributed by atoms with van der Waals surface area (Å²) in [5.74, 6) is -1.12. The molecule has 7 nitrogen and oxygen atoms in total. The summed E-state index contributed by atoms with van der Waals surface area (Å²) in [7, 11) is 1.46. The number of aryl methyl sites for hydroxylation is 1. The van der Waals surface area contributed by atoms with Crippen LogP contribution in [0.25, 0.3) is 0 Å². The van der Waals surface area contributed by atoms with E-state index >= 15 is 0 Å². The van der Waals surface area contributed by atoms with Gasteiger partial charge in [-0.2, -0.15) is 0 Å². The van der Waals surface area contributed by atoms with Gasteiger partial charge in [0.15, 0.2) is 6.61 Å². The van der Waals surface area contributed by atoms with Gasteiger partial charge in [-0.25, -0.2) is 0 Å². The molecular formula is C21H24N2O5. The zero-order valence-corrected chi connectivity index (χ0v) is 15.8. The Labute approximate surface area is 164 Å². The third-order valence-electron chi connectivity index (χ3n) is 3.92. The van der Waals surface area contributed by atoms with E-state index in [1.54, 1.807) is 24.3 Å². The number of hydrogen-bond acceptors (Lipinski definition) is 5. The largest absolute Gasteiger partial charge is 0.496 e. The lowest BCUT2D eigenvalue weighted by Crippen LogP contribution is -2.34. The minimum atomic E-state index is -0.692. The van der Waals surface area contributed by atoms with Crippen molar-refractivity contribution < 1.29 is 23.9 Å². The Kier molecular flexibility index (Phi) is 8.52. The summed E-state index contributed by atoms with van der Waals surface area (Å²) in [5.41, 5.74) is 1.52. The summed E-state index contributed by atoms with van der Waals surface area (Å²) in [6, 6.07) is 16.6. The van der Waals surface area contributed by atoms with Gasteiger partial charge in [-0.1, -0.05) is 42.5 Å². The predicted molar refractivity (Wildman–Crippen MR) is 104 cm³/mol. The van der Waals surface area contributed by atoms with Crippen LogP contribution >= 0.6 is 0 Å². The van der Waals surface area contributed by atoms with Crippen molar-refractivity contribution in [3.8, 4) is 5.75 Å². The summed E-state index contributed by atoms with van der Waals surface area (Å²) in [6.07, 6.45) is 1.65. The first-order valence-electron chi connectivity index (χ1n) is 8.97. The molecule has 0 radical (unpaired) electrons. The Morgan fingerprint density at radius 3 is 2.39 bits per heavy atom. The highest BCUT2D eigenvalue weighted by molar-refractivity contribution is 5.98. The standard InChI is InChI=1S/C21H24N2O5/c1-27-18-12-6-5-11-17(18)21(26)23-14-20(25)28-15-19(24)22-13-7-10-16-8-3-2-4-9-16/h2-6,8-9,11-12H,7,10,13-15H2,1H3,(H,22,24)(H,23,26).